The van der Waals surface area contributed by atoms with E-state index in [1.54, 1.807) is 0 Å². The lowest BCUT2D eigenvalue weighted by Crippen LogP contribution is -2.36. The van der Waals surface area contributed by atoms with E-state index in [1.807, 2.05) is 19.3 Å². The second kappa shape index (κ2) is 7.26. The lowest BCUT2D eigenvalue weighted by Gasteiger charge is -2.37. The molecule has 1 saturated carbocycles. The van der Waals surface area contributed by atoms with Crippen LogP contribution in [0.3, 0.4) is 0 Å². The predicted molar refractivity (Wildman–Crippen MR) is 87.5 cm³/mol. The fourth-order valence-corrected chi connectivity index (χ4v) is 3.29. The van der Waals surface area contributed by atoms with Crippen molar-refractivity contribution in [3.63, 3.8) is 0 Å². The van der Waals surface area contributed by atoms with Crippen LogP contribution in [0.1, 0.15) is 58.6 Å². The molecule has 4 atom stereocenters. The van der Waals surface area contributed by atoms with Crippen molar-refractivity contribution >= 4 is 0 Å². The topological polar surface area (TPSA) is 34.1 Å². The lowest BCUT2D eigenvalue weighted by molar-refractivity contribution is 0.0426. The summed E-state index contributed by atoms with van der Waals surface area (Å²) in [5.74, 6) is 2.85. The van der Waals surface area contributed by atoms with E-state index in [1.165, 1.54) is 18.4 Å². The number of rotatable bonds is 5. The van der Waals surface area contributed by atoms with Crippen LogP contribution in [-0.4, -0.2) is 18.1 Å². The average molecular weight is 290 g/mol. The molecule has 118 valence electrons. The molecule has 1 aromatic heterocycles. The van der Waals surface area contributed by atoms with Gasteiger partial charge in [-0.05, 0) is 50.1 Å². The molecule has 0 bridgehead atoms. The second-order valence-electron chi connectivity index (χ2n) is 6.92. The van der Waals surface area contributed by atoms with Crippen LogP contribution in [0.4, 0.5) is 0 Å². The number of hydrogen-bond donors (Lipinski definition) is 1. The van der Waals surface area contributed by atoms with Crippen molar-refractivity contribution in [3.05, 3.63) is 23.9 Å². The van der Waals surface area contributed by atoms with Crippen molar-refractivity contribution in [2.45, 2.75) is 59.1 Å². The Labute approximate surface area is 129 Å². The Balaban J connectivity index is 2.04. The van der Waals surface area contributed by atoms with Gasteiger partial charge in [-0.15, -0.1) is 0 Å². The summed E-state index contributed by atoms with van der Waals surface area (Å²) < 4.78 is 6.24. The third-order valence-corrected chi connectivity index (χ3v) is 4.93. The molecule has 0 aromatic carbocycles. The molecule has 21 heavy (non-hydrogen) atoms. The molecule has 1 aliphatic carbocycles. The molecular weight excluding hydrogens is 260 g/mol. The maximum atomic E-state index is 6.24. The van der Waals surface area contributed by atoms with Crippen molar-refractivity contribution in [2.75, 3.05) is 7.05 Å². The van der Waals surface area contributed by atoms with Gasteiger partial charge in [-0.3, -0.25) is 0 Å². The minimum Gasteiger partial charge on any atom is -0.474 e. The summed E-state index contributed by atoms with van der Waals surface area (Å²) in [5, 5.41) is 3.23. The van der Waals surface area contributed by atoms with Gasteiger partial charge in [0.05, 0.1) is 0 Å². The highest BCUT2D eigenvalue weighted by Gasteiger charge is 2.32. The number of pyridine rings is 1. The van der Waals surface area contributed by atoms with Gasteiger partial charge in [0.2, 0.25) is 5.88 Å². The van der Waals surface area contributed by atoms with Crippen LogP contribution in [0.15, 0.2) is 18.3 Å². The highest BCUT2D eigenvalue weighted by atomic mass is 16.5. The Bertz CT molecular complexity index is 429. The van der Waals surface area contributed by atoms with Crippen LogP contribution in [0, 0.1) is 17.8 Å². The highest BCUT2D eigenvalue weighted by molar-refractivity contribution is 5.20. The molecule has 0 radical (unpaired) electrons. The quantitative estimate of drug-likeness (QED) is 0.882. The maximum Gasteiger partial charge on any atom is 0.213 e. The standard InChI is InChI=1S/C18H30N2O/c1-12(2)16-8-6-13(3)10-17(16)21-18-9-7-15(11-20-18)14(4)19-5/h7,9,11-14,16-17,19H,6,8,10H2,1-5H3. The SMILES string of the molecule is CNC(C)c1ccc(OC2CC(C)CCC2C(C)C)nc1. The molecule has 1 fully saturated rings. The molecule has 4 unspecified atom stereocenters. The van der Waals surface area contributed by atoms with Crippen molar-refractivity contribution < 1.29 is 4.74 Å². The van der Waals surface area contributed by atoms with Gasteiger partial charge in [0.1, 0.15) is 6.10 Å². The van der Waals surface area contributed by atoms with Crippen LogP contribution < -0.4 is 10.1 Å². The molecule has 3 nitrogen and oxygen atoms in total. The molecule has 2 rings (SSSR count). The van der Waals surface area contributed by atoms with Gasteiger partial charge in [-0.2, -0.15) is 0 Å². The van der Waals surface area contributed by atoms with Crippen molar-refractivity contribution in [2.24, 2.45) is 17.8 Å². The Morgan fingerprint density at radius 3 is 2.57 bits per heavy atom. The van der Waals surface area contributed by atoms with Gasteiger partial charge >= 0.3 is 0 Å². The minimum atomic E-state index is 0.314. The highest BCUT2D eigenvalue weighted by Crippen LogP contribution is 2.35. The summed E-state index contributed by atoms with van der Waals surface area (Å²) in [6, 6.07) is 4.45. The van der Waals surface area contributed by atoms with Gasteiger partial charge in [0, 0.05) is 18.3 Å². The second-order valence-corrected chi connectivity index (χ2v) is 6.92. The summed E-state index contributed by atoms with van der Waals surface area (Å²) in [6.45, 7) is 9.08. The van der Waals surface area contributed by atoms with Crippen molar-refractivity contribution in [1.82, 2.24) is 10.3 Å². The number of aromatic nitrogens is 1. The molecule has 1 heterocycles. The summed E-state index contributed by atoms with van der Waals surface area (Å²) in [4.78, 5) is 4.50. The van der Waals surface area contributed by atoms with Gasteiger partial charge in [-0.25, -0.2) is 4.98 Å². The summed E-state index contributed by atoms with van der Waals surface area (Å²) in [5.41, 5.74) is 1.20. The lowest BCUT2D eigenvalue weighted by atomic mass is 9.75. The maximum absolute atomic E-state index is 6.24. The molecule has 0 aliphatic heterocycles. The monoisotopic (exact) mass is 290 g/mol. The van der Waals surface area contributed by atoms with E-state index in [4.69, 9.17) is 4.74 Å². The molecule has 1 aromatic rings. The average Bonchev–Trinajstić information content (AvgIpc) is 2.47. The van der Waals surface area contributed by atoms with Crippen LogP contribution in [0.25, 0.3) is 0 Å². The largest absolute Gasteiger partial charge is 0.474 e. The Morgan fingerprint density at radius 1 is 1.24 bits per heavy atom. The van der Waals surface area contributed by atoms with E-state index in [9.17, 15) is 0 Å². The number of nitrogens with one attached hydrogen (secondary N) is 1. The van der Waals surface area contributed by atoms with Gasteiger partial charge in [0.15, 0.2) is 0 Å². The first-order valence-corrected chi connectivity index (χ1v) is 8.31. The fourth-order valence-electron chi connectivity index (χ4n) is 3.29. The first-order valence-electron chi connectivity index (χ1n) is 8.31. The van der Waals surface area contributed by atoms with Gasteiger partial charge in [-0.1, -0.05) is 33.3 Å². The predicted octanol–water partition coefficient (Wildman–Crippen LogP) is 4.20. The van der Waals surface area contributed by atoms with E-state index in [0.29, 0.717) is 24.0 Å². The van der Waals surface area contributed by atoms with Crippen molar-refractivity contribution in [1.29, 1.82) is 0 Å². The number of ether oxygens (including phenoxy) is 1. The number of hydrogen-bond acceptors (Lipinski definition) is 3. The van der Waals surface area contributed by atoms with Gasteiger partial charge < -0.3 is 10.1 Å². The van der Waals surface area contributed by atoms with Crippen LogP contribution in [-0.2, 0) is 0 Å². The Morgan fingerprint density at radius 2 is 2.00 bits per heavy atom. The molecule has 1 N–H and O–H groups in total. The normalized spacial score (nSPS) is 27.6. The first kappa shape index (κ1) is 16.3. The molecule has 0 spiro atoms. The van der Waals surface area contributed by atoms with E-state index >= 15 is 0 Å². The minimum absolute atomic E-state index is 0.314. The fraction of sp³-hybridized carbons (Fsp3) is 0.722. The zero-order valence-corrected chi connectivity index (χ0v) is 14.1. The zero-order chi connectivity index (χ0) is 15.4. The summed E-state index contributed by atoms with van der Waals surface area (Å²) >= 11 is 0. The van der Waals surface area contributed by atoms with E-state index in [-0.39, 0.29) is 0 Å². The molecule has 0 saturated heterocycles. The summed E-state index contributed by atoms with van der Waals surface area (Å²) in [6.07, 6.45) is 5.99. The summed E-state index contributed by atoms with van der Waals surface area (Å²) in [7, 11) is 1.96. The Kier molecular flexibility index (Phi) is 5.63. The molecule has 1 aliphatic rings. The van der Waals surface area contributed by atoms with Gasteiger partial charge in [0.25, 0.3) is 0 Å². The van der Waals surface area contributed by atoms with E-state index in [0.717, 1.165) is 18.2 Å². The zero-order valence-electron chi connectivity index (χ0n) is 14.1. The third kappa shape index (κ3) is 4.19. The van der Waals surface area contributed by atoms with E-state index < -0.39 is 0 Å². The van der Waals surface area contributed by atoms with Crippen LogP contribution in [0.2, 0.25) is 0 Å². The smallest absolute Gasteiger partial charge is 0.213 e. The first-order chi connectivity index (χ1) is 10.0. The van der Waals surface area contributed by atoms with E-state index in [2.05, 4.69) is 44.1 Å². The van der Waals surface area contributed by atoms with Crippen molar-refractivity contribution in [3.8, 4) is 5.88 Å². The van der Waals surface area contributed by atoms with Crippen LogP contribution >= 0.6 is 0 Å². The molecular formula is C18H30N2O. The Hall–Kier alpha value is -1.09. The van der Waals surface area contributed by atoms with Crippen LogP contribution in [0.5, 0.6) is 5.88 Å². The number of nitrogens with zero attached hydrogens (tertiary/aromatic N) is 1. The molecule has 0 amide bonds. The third-order valence-electron chi connectivity index (χ3n) is 4.93. The molecule has 3 heteroatoms.